The number of nitriles is 1. The van der Waals surface area contributed by atoms with Gasteiger partial charge in [-0.2, -0.15) is 5.26 Å². The van der Waals surface area contributed by atoms with E-state index in [0.29, 0.717) is 18.6 Å². The third-order valence-electron chi connectivity index (χ3n) is 12.2. The van der Waals surface area contributed by atoms with Crippen LogP contribution >= 0.6 is 0 Å². The number of rotatable bonds is 10. The lowest BCUT2D eigenvalue weighted by molar-refractivity contribution is -0.316. The average molecular weight is 741 g/mol. The molecule has 298 valence electrons. The van der Waals surface area contributed by atoms with Crippen molar-refractivity contribution in [1.82, 2.24) is 4.90 Å². The molecule has 0 aliphatic carbocycles. The van der Waals surface area contributed by atoms with Crippen molar-refractivity contribution in [3.63, 3.8) is 0 Å². The number of cyclic esters (lactones) is 1. The van der Waals surface area contributed by atoms with Gasteiger partial charge < -0.3 is 53.6 Å². The molecule has 52 heavy (non-hydrogen) atoms. The minimum atomic E-state index is -1.84. The van der Waals surface area contributed by atoms with Gasteiger partial charge in [0.25, 0.3) is 0 Å². The molecule has 4 aliphatic heterocycles. The summed E-state index contributed by atoms with van der Waals surface area (Å²) in [7, 11) is 3.29. The summed E-state index contributed by atoms with van der Waals surface area (Å²) in [5, 5.41) is 54.7. The summed E-state index contributed by atoms with van der Waals surface area (Å²) >= 11 is 0. The Hall–Kier alpha value is -1.90. The van der Waals surface area contributed by atoms with Crippen LogP contribution in [-0.4, -0.2) is 136 Å². The average Bonchev–Trinajstić information content (AvgIpc) is 3.40. The van der Waals surface area contributed by atoms with Gasteiger partial charge >= 0.3 is 5.97 Å². The Morgan fingerprint density at radius 3 is 2.37 bits per heavy atom. The molecule has 4 aliphatic rings. The second kappa shape index (κ2) is 16.5. The summed E-state index contributed by atoms with van der Waals surface area (Å²) in [5.41, 5.74) is -3.09. The molecule has 0 aromatic carbocycles. The Bertz CT molecular complexity index is 1320. The molecule has 0 aromatic heterocycles. The number of carbonyl (C=O) groups is 1. The number of aliphatic hydroxyl groups excluding tert-OH is 3. The fourth-order valence-electron chi connectivity index (χ4n) is 8.88. The highest BCUT2D eigenvalue weighted by Gasteiger charge is 2.57. The van der Waals surface area contributed by atoms with Gasteiger partial charge in [-0.25, -0.2) is 0 Å². The fraction of sp³-hybridized carbons (Fsp3) is 0.895. The molecule has 4 rings (SSSR count). The molecule has 0 saturated carbocycles. The second-order valence-corrected chi connectivity index (χ2v) is 16.5. The van der Waals surface area contributed by atoms with Gasteiger partial charge in [-0.1, -0.05) is 20.8 Å². The minimum absolute atomic E-state index is 0.105. The SMILES string of the molecule is CC[C@@H](O)[C@@](C)(O)[C@@H]1OC(=O)[C@H](C)[C@@H](O[C@H]2CC(C)(OC)[C@@H](O)C(C)O2)[C@H](C)[C@@H](O[C@@H]2OC(C)CC(N(C)CC#N)C2O)[C@@]2(C)CC(C)=C(O2)[C@@H]1C. The van der Waals surface area contributed by atoms with Crippen LogP contribution in [0.5, 0.6) is 0 Å². The zero-order valence-electron chi connectivity index (χ0n) is 33.1. The number of fused-ring (bicyclic) bond motifs is 2. The van der Waals surface area contributed by atoms with Gasteiger partial charge in [0.1, 0.15) is 41.4 Å². The molecule has 4 heterocycles. The first kappa shape index (κ1) is 42.8. The molecule has 0 aromatic rings. The quantitative estimate of drug-likeness (QED) is 0.189. The molecular weight excluding hydrogens is 676 g/mol. The standard InChI is InChI=1S/C38H64N2O12/c1-13-26(41)38(10,45)33-21(4)29-19(2)17-37(9,52-29)32(51-35-28(42)25(16-20(3)47-35)40(11)15-14-39)22(5)30(23(6)34(44)50-33)49-27-18-36(8,46-12)31(43)24(7)48-27/h20-28,30-33,35,41-43,45H,13,15-18H2,1-12H3/t20?,21-,22-,23+,24?,25?,26+,27-,28?,30-,31-,32+,33+,35-,36?,37+,38+/m0/s1. The number of ether oxygens (including phenoxy) is 7. The van der Waals surface area contributed by atoms with Gasteiger partial charge in [-0.05, 0) is 73.9 Å². The van der Waals surface area contributed by atoms with Crippen molar-refractivity contribution in [2.45, 2.75) is 179 Å². The van der Waals surface area contributed by atoms with Crippen LogP contribution in [0.15, 0.2) is 11.3 Å². The Labute approximate surface area is 309 Å². The molecule has 2 bridgehead atoms. The van der Waals surface area contributed by atoms with E-state index in [1.54, 1.807) is 46.6 Å². The number of esters is 1. The first-order valence-electron chi connectivity index (χ1n) is 18.8. The van der Waals surface area contributed by atoms with Crippen molar-refractivity contribution in [2.24, 2.45) is 17.8 Å². The fourth-order valence-corrected chi connectivity index (χ4v) is 8.88. The van der Waals surface area contributed by atoms with E-state index in [1.165, 1.54) is 14.0 Å². The van der Waals surface area contributed by atoms with E-state index in [0.717, 1.165) is 5.57 Å². The third kappa shape index (κ3) is 8.34. The summed E-state index contributed by atoms with van der Waals surface area (Å²) in [6.45, 7) is 17.9. The number of methoxy groups -OCH3 is 1. The zero-order chi connectivity index (χ0) is 39.1. The summed E-state index contributed by atoms with van der Waals surface area (Å²) in [4.78, 5) is 16.1. The van der Waals surface area contributed by atoms with Gasteiger partial charge in [0, 0.05) is 31.9 Å². The van der Waals surface area contributed by atoms with E-state index < -0.39 is 102 Å². The number of likely N-dealkylation sites (N-methyl/N-ethyl adjacent to an activating group) is 1. The van der Waals surface area contributed by atoms with E-state index in [4.69, 9.17) is 33.2 Å². The van der Waals surface area contributed by atoms with Crippen molar-refractivity contribution < 1.29 is 58.4 Å². The molecule has 0 radical (unpaired) electrons. The van der Waals surface area contributed by atoms with E-state index in [1.807, 2.05) is 27.7 Å². The number of hydrogen-bond acceptors (Lipinski definition) is 14. The van der Waals surface area contributed by atoms with Crippen molar-refractivity contribution in [3.05, 3.63) is 11.3 Å². The Morgan fingerprint density at radius 2 is 1.77 bits per heavy atom. The van der Waals surface area contributed by atoms with Crippen LogP contribution in [0.1, 0.15) is 94.9 Å². The topological polar surface area (TPSA) is 190 Å². The Kier molecular flexibility index (Phi) is 13.6. The monoisotopic (exact) mass is 740 g/mol. The number of nitrogens with zero attached hydrogens (tertiary/aromatic N) is 2. The van der Waals surface area contributed by atoms with E-state index in [9.17, 15) is 30.5 Å². The van der Waals surface area contributed by atoms with E-state index >= 15 is 0 Å². The summed E-state index contributed by atoms with van der Waals surface area (Å²) in [6.07, 6.45) is -8.06. The van der Waals surface area contributed by atoms with Crippen LogP contribution in [-0.2, 0) is 38.0 Å². The number of aliphatic hydroxyl groups is 4. The van der Waals surface area contributed by atoms with Gasteiger partial charge in [-0.3, -0.25) is 9.69 Å². The van der Waals surface area contributed by atoms with Crippen LogP contribution in [0.25, 0.3) is 0 Å². The van der Waals surface area contributed by atoms with Gasteiger partial charge in [0.2, 0.25) is 0 Å². The maximum atomic E-state index is 14.3. The van der Waals surface area contributed by atoms with E-state index in [2.05, 4.69) is 6.07 Å². The summed E-state index contributed by atoms with van der Waals surface area (Å²) < 4.78 is 44.8. The highest BCUT2D eigenvalue weighted by atomic mass is 16.7. The molecule has 14 nitrogen and oxygen atoms in total. The first-order valence-corrected chi connectivity index (χ1v) is 18.8. The molecule has 17 atom stereocenters. The predicted molar refractivity (Wildman–Crippen MR) is 188 cm³/mol. The molecule has 5 unspecified atom stereocenters. The summed E-state index contributed by atoms with van der Waals surface area (Å²) in [5.74, 6) is -2.44. The Morgan fingerprint density at radius 1 is 1.12 bits per heavy atom. The van der Waals surface area contributed by atoms with Gasteiger partial charge in [0.05, 0.1) is 54.5 Å². The third-order valence-corrected chi connectivity index (χ3v) is 12.2. The zero-order valence-corrected chi connectivity index (χ0v) is 33.1. The van der Waals surface area contributed by atoms with E-state index in [-0.39, 0.29) is 25.5 Å². The van der Waals surface area contributed by atoms with Crippen LogP contribution < -0.4 is 0 Å². The van der Waals surface area contributed by atoms with Crippen LogP contribution in [0, 0.1) is 29.1 Å². The minimum Gasteiger partial charge on any atom is -0.488 e. The Balaban J connectivity index is 1.83. The van der Waals surface area contributed by atoms with Crippen molar-refractivity contribution in [3.8, 4) is 6.07 Å². The largest absolute Gasteiger partial charge is 0.488 e. The molecule has 0 amide bonds. The lowest BCUT2D eigenvalue weighted by Gasteiger charge is -2.48. The maximum Gasteiger partial charge on any atom is 0.311 e. The highest BCUT2D eigenvalue weighted by molar-refractivity contribution is 5.73. The van der Waals surface area contributed by atoms with Crippen molar-refractivity contribution in [2.75, 3.05) is 20.7 Å². The number of carbonyl (C=O) groups excluding carboxylic acids is 1. The molecule has 0 spiro atoms. The van der Waals surface area contributed by atoms with Crippen LogP contribution in [0.3, 0.4) is 0 Å². The second-order valence-electron chi connectivity index (χ2n) is 16.5. The number of hydrogen-bond donors (Lipinski definition) is 4. The normalized spacial score (nSPS) is 45.0. The highest BCUT2D eigenvalue weighted by Crippen LogP contribution is 2.48. The molecule has 4 N–H and O–H groups in total. The lowest BCUT2D eigenvalue weighted by atomic mass is 9.78. The molecule has 14 heteroatoms. The van der Waals surface area contributed by atoms with Crippen LogP contribution in [0.4, 0.5) is 0 Å². The van der Waals surface area contributed by atoms with Crippen molar-refractivity contribution >= 4 is 5.97 Å². The first-order chi connectivity index (χ1) is 24.1. The molecule has 3 fully saturated rings. The smallest absolute Gasteiger partial charge is 0.311 e. The van der Waals surface area contributed by atoms with Crippen molar-refractivity contribution in [1.29, 1.82) is 5.26 Å². The lowest BCUT2D eigenvalue weighted by Crippen LogP contribution is -2.60. The molecular formula is C38H64N2O12. The van der Waals surface area contributed by atoms with Crippen LogP contribution in [0.2, 0.25) is 0 Å². The van der Waals surface area contributed by atoms with Gasteiger partial charge in [-0.15, -0.1) is 0 Å². The summed E-state index contributed by atoms with van der Waals surface area (Å²) in [6, 6.07) is 1.72. The molecule has 3 saturated heterocycles. The van der Waals surface area contributed by atoms with Gasteiger partial charge in [0.15, 0.2) is 12.6 Å². The maximum absolute atomic E-state index is 14.3. The predicted octanol–water partition coefficient (Wildman–Crippen LogP) is 2.79.